The normalized spacial score (nSPS) is 10.3. The van der Waals surface area contributed by atoms with Crippen LogP contribution in [0.3, 0.4) is 0 Å². The molecule has 18 heavy (non-hydrogen) atoms. The summed E-state index contributed by atoms with van der Waals surface area (Å²) in [7, 11) is 0. The van der Waals surface area contributed by atoms with E-state index in [1.54, 1.807) is 23.8 Å². The first-order valence-corrected chi connectivity index (χ1v) is 5.90. The second-order valence-electron chi connectivity index (χ2n) is 4.04. The van der Waals surface area contributed by atoms with Crippen LogP contribution in [-0.2, 0) is 6.54 Å². The van der Waals surface area contributed by atoms with Gasteiger partial charge in [0.15, 0.2) is 0 Å². The topological polar surface area (TPSA) is 60.9 Å². The second-order valence-corrected chi connectivity index (χ2v) is 4.48. The van der Waals surface area contributed by atoms with E-state index in [-0.39, 0.29) is 5.69 Å². The molecule has 2 aromatic rings. The van der Waals surface area contributed by atoms with Gasteiger partial charge in [0.05, 0.1) is 6.54 Å². The molecule has 0 bridgehead atoms. The lowest BCUT2D eigenvalue weighted by atomic mass is 10.1. The highest BCUT2D eigenvalue weighted by Gasteiger charge is 2.01. The molecule has 0 atom stereocenters. The number of nitrogens with two attached hydrogens (primary N) is 1. The molecule has 0 amide bonds. The number of hydrogen-bond donors (Lipinski definition) is 1. The highest BCUT2D eigenvalue weighted by molar-refractivity contribution is 7.80. The van der Waals surface area contributed by atoms with Gasteiger partial charge in [-0.1, -0.05) is 30.4 Å². The SMILES string of the molecule is Cc1ccn(Cc2cccc(C(N)=S)c2)c(=O)n1. The van der Waals surface area contributed by atoms with Gasteiger partial charge in [0.2, 0.25) is 0 Å². The van der Waals surface area contributed by atoms with Crippen LogP contribution < -0.4 is 11.4 Å². The summed E-state index contributed by atoms with van der Waals surface area (Å²) in [6, 6.07) is 9.33. The van der Waals surface area contributed by atoms with Crippen LogP contribution >= 0.6 is 12.2 Å². The zero-order valence-electron chi connectivity index (χ0n) is 9.96. The third-order valence-electron chi connectivity index (χ3n) is 2.58. The predicted octanol–water partition coefficient (Wildman–Crippen LogP) is 1.23. The van der Waals surface area contributed by atoms with Gasteiger partial charge in [0.25, 0.3) is 0 Å². The van der Waals surface area contributed by atoms with Crippen LogP contribution in [0.4, 0.5) is 0 Å². The summed E-state index contributed by atoms with van der Waals surface area (Å²) in [5.41, 5.74) is 7.81. The van der Waals surface area contributed by atoms with Gasteiger partial charge in [0.1, 0.15) is 4.99 Å². The van der Waals surface area contributed by atoms with E-state index in [0.717, 1.165) is 11.1 Å². The number of aryl methyl sites for hydroxylation is 1. The zero-order valence-corrected chi connectivity index (χ0v) is 10.8. The lowest BCUT2D eigenvalue weighted by Gasteiger charge is -2.07. The molecule has 92 valence electrons. The number of benzene rings is 1. The lowest BCUT2D eigenvalue weighted by molar-refractivity contribution is 0.720. The minimum Gasteiger partial charge on any atom is -0.389 e. The molecule has 5 heteroatoms. The van der Waals surface area contributed by atoms with Crippen LogP contribution in [0.1, 0.15) is 16.8 Å². The van der Waals surface area contributed by atoms with Crippen molar-refractivity contribution in [3.05, 3.63) is 63.8 Å². The van der Waals surface area contributed by atoms with Gasteiger partial charge in [-0.2, -0.15) is 4.98 Å². The Morgan fingerprint density at radius 1 is 1.44 bits per heavy atom. The fourth-order valence-electron chi connectivity index (χ4n) is 1.65. The summed E-state index contributed by atoms with van der Waals surface area (Å²) < 4.78 is 1.55. The van der Waals surface area contributed by atoms with Crippen molar-refractivity contribution in [1.29, 1.82) is 0 Å². The van der Waals surface area contributed by atoms with Crippen molar-refractivity contribution >= 4 is 17.2 Å². The Kier molecular flexibility index (Phi) is 3.53. The first-order valence-electron chi connectivity index (χ1n) is 5.49. The predicted molar refractivity (Wildman–Crippen MR) is 74.7 cm³/mol. The van der Waals surface area contributed by atoms with Crippen LogP contribution in [0.5, 0.6) is 0 Å². The third kappa shape index (κ3) is 2.81. The molecule has 0 unspecified atom stereocenters. The minimum atomic E-state index is -0.254. The van der Waals surface area contributed by atoms with Gasteiger partial charge in [0, 0.05) is 17.5 Å². The van der Waals surface area contributed by atoms with E-state index in [1.807, 2.05) is 24.3 Å². The van der Waals surface area contributed by atoms with Crippen molar-refractivity contribution in [2.24, 2.45) is 5.73 Å². The van der Waals surface area contributed by atoms with Crippen LogP contribution in [-0.4, -0.2) is 14.5 Å². The second kappa shape index (κ2) is 5.10. The zero-order chi connectivity index (χ0) is 13.1. The Balaban J connectivity index is 2.31. The van der Waals surface area contributed by atoms with E-state index < -0.39 is 0 Å². The molecule has 0 saturated heterocycles. The molecular formula is C13H13N3OS. The van der Waals surface area contributed by atoms with E-state index in [4.69, 9.17) is 18.0 Å². The Bertz CT molecular complexity index is 649. The first-order chi connectivity index (χ1) is 8.56. The average Bonchev–Trinajstić information content (AvgIpc) is 2.33. The van der Waals surface area contributed by atoms with E-state index in [0.29, 0.717) is 17.2 Å². The van der Waals surface area contributed by atoms with Gasteiger partial charge < -0.3 is 5.73 Å². The summed E-state index contributed by atoms with van der Waals surface area (Å²) >= 11 is 4.93. The Hall–Kier alpha value is -2.01. The maximum Gasteiger partial charge on any atom is 0.348 e. The van der Waals surface area contributed by atoms with Crippen LogP contribution in [0.15, 0.2) is 41.3 Å². The van der Waals surface area contributed by atoms with Crippen molar-refractivity contribution in [1.82, 2.24) is 9.55 Å². The molecule has 0 aliphatic heterocycles. The van der Waals surface area contributed by atoms with Gasteiger partial charge in [-0.15, -0.1) is 0 Å². The highest BCUT2D eigenvalue weighted by atomic mass is 32.1. The van der Waals surface area contributed by atoms with E-state index >= 15 is 0 Å². The third-order valence-corrected chi connectivity index (χ3v) is 2.81. The molecule has 0 aliphatic rings. The molecular weight excluding hydrogens is 246 g/mol. The number of rotatable bonds is 3. The van der Waals surface area contributed by atoms with Crippen molar-refractivity contribution in [2.45, 2.75) is 13.5 Å². The molecule has 4 nitrogen and oxygen atoms in total. The van der Waals surface area contributed by atoms with Gasteiger partial charge in [-0.25, -0.2) is 4.79 Å². The molecule has 0 spiro atoms. The Labute approximate surface area is 110 Å². The van der Waals surface area contributed by atoms with E-state index in [2.05, 4.69) is 4.98 Å². The molecule has 0 fully saturated rings. The molecule has 2 N–H and O–H groups in total. The lowest BCUT2D eigenvalue weighted by Crippen LogP contribution is -2.23. The smallest absolute Gasteiger partial charge is 0.348 e. The average molecular weight is 259 g/mol. The van der Waals surface area contributed by atoms with Crippen molar-refractivity contribution < 1.29 is 0 Å². The minimum absolute atomic E-state index is 0.254. The summed E-state index contributed by atoms with van der Waals surface area (Å²) in [5.74, 6) is 0. The summed E-state index contributed by atoms with van der Waals surface area (Å²) in [4.78, 5) is 15.9. The van der Waals surface area contributed by atoms with Crippen LogP contribution in [0, 0.1) is 6.92 Å². The number of nitrogens with zero attached hydrogens (tertiary/aromatic N) is 2. The summed E-state index contributed by atoms with van der Waals surface area (Å²) in [6.07, 6.45) is 1.73. The fraction of sp³-hybridized carbons (Fsp3) is 0.154. The van der Waals surface area contributed by atoms with E-state index in [1.165, 1.54) is 0 Å². The maximum absolute atomic E-state index is 11.7. The quantitative estimate of drug-likeness (QED) is 0.842. The molecule has 1 heterocycles. The van der Waals surface area contributed by atoms with Crippen molar-refractivity contribution in [2.75, 3.05) is 0 Å². The number of aromatic nitrogens is 2. The first kappa shape index (κ1) is 12.4. The summed E-state index contributed by atoms with van der Waals surface area (Å²) in [5, 5.41) is 0. The largest absolute Gasteiger partial charge is 0.389 e. The maximum atomic E-state index is 11.7. The Morgan fingerprint density at radius 3 is 2.89 bits per heavy atom. The highest BCUT2D eigenvalue weighted by Crippen LogP contribution is 2.06. The molecule has 1 aromatic heterocycles. The van der Waals surface area contributed by atoms with Crippen LogP contribution in [0.25, 0.3) is 0 Å². The Morgan fingerprint density at radius 2 is 2.22 bits per heavy atom. The molecule has 0 radical (unpaired) electrons. The van der Waals surface area contributed by atoms with E-state index in [9.17, 15) is 4.79 Å². The number of thiocarbonyl (C=S) groups is 1. The standard InChI is InChI=1S/C13H13N3OS/c1-9-5-6-16(13(17)15-9)8-10-3-2-4-11(7-10)12(14)18/h2-7H,8H2,1H3,(H2,14,18). The fourth-order valence-corrected chi connectivity index (χ4v) is 1.78. The molecule has 2 rings (SSSR count). The van der Waals surface area contributed by atoms with Crippen molar-refractivity contribution in [3.8, 4) is 0 Å². The van der Waals surface area contributed by atoms with Gasteiger partial charge in [-0.05, 0) is 24.6 Å². The molecule has 0 aliphatic carbocycles. The van der Waals surface area contributed by atoms with Gasteiger partial charge in [-0.3, -0.25) is 4.57 Å². The van der Waals surface area contributed by atoms with Gasteiger partial charge >= 0.3 is 5.69 Å². The van der Waals surface area contributed by atoms with Crippen LogP contribution in [0.2, 0.25) is 0 Å². The monoisotopic (exact) mass is 259 g/mol. The molecule has 1 aromatic carbocycles. The summed E-state index contributed by atoms with van der Waals surface area (Å²) in [6.45, 7) is 2.25. The van der Waals surface area contributed by atoms with Crippen molar-refractivity contribution in [3.63, 3.8) is 0 Å². The molecule has 0 saturated carbocycles. The number of hydrogen-bond acceptors (Lipinski definition) is 3.